The molecule has 2 aliphatic heterocycles. The lowest BCUT2D eigenvalue weighted by Crippen LogP contribution is -2.14. The number of nitrogens with zero attached hydrogens (tertiary/aromatic N) is 2. The van der Waals surface area contributed by atoms with E-state index in [1.54, 1.807) is 0 Å². The Morgan fingerprint density at radius 3 is 2.30 bits per heavy atom. The van der Waals surface area contributed by atoms with Crippen molar-refractivity contribution in [2.24, 2.45) is 0 Å². The maximum atomic E-state index is 13.2. The van der Waals surface area contributed by atoms with Crippen molar-refractivity contribution < 1.29 is 9.59 Å². The first-order valence-electron chi connectivity index (χ1n) is 10.5. The van der Waals surface area contributed by atoms with Gasteiger partial charge in [-0.1, -0.05) is 36.4 Å². The molecule has 5 aromatic rings. The van der Waals surface area contributed by atoms with E-state index in [-0.39, 0.29) is 18.0 Å². The molecule has 1 saturated carbocycles. The molecule has 2 bridgehead atoms. The van der Waals surface area contributed by atoms with Gasteiger partial charge in [-0.25, -0.2) is 0 Å². The Bertz CT molecular complexity index is 1650. The number of hydrogen-bond donors (Lipinski definition) is 1. The van der Waals surface area contributed by atoms with E-state index in [1.165, 1.54) is 0 Å². The number of para-hydroxylation sites is 2. The first-order valence-corrected chi connectivity index (χ1v) is 10.5. The largest absolute Gasteiger partial charge is 0.348 e. The molecular formula is C25H17N3O2. The molecule has 8 rings (SSSR count). The van der Waals surface area contributed by atoms with Gasteiger partial charge in [0.1, 0.15) is 0 Å². The monoisotopic (exact) mass is 391 g/mol. The van der Waals surface area contributed by atoms with Crippen molar-refractivity contribution in [3.63, 3.8) is 0 Å². The van der Waals surface area contributed by atoms with E-state index in [0.29, 0.717) is 18.7 Å². The van der Waals surface area contributed by atoms with Crippen molar-refractivity contribution in [3.05, 3.63) is 59.7 Å². The second-order valence-electron chi connectivity index (χ2n) is 8.83. The van der Waals surface area contributed by atoms with Gasteiger partial charge in [-0.05, 0) is 24.1 Å². The van der Waals surface area contributed by atoms with Crippen LogP contribution in [0.2, 0.25) is 0 Å². The smallest absolute Gasteiger partial charge is 0.252 e. The zero-order chi connectivity index (χ0) is 19.7. The number of carbonyl (C=O) groups is 2. The Hall–Kier alpha value is -3.60. The van der Waals surface area contributed by atoms with Crippen LogP contribution in [0.15, 0.2) is 48.5 Å². The van der Waals surface area contributed by atoms with Gasteiger partial charge < -0.3 is 14.5 Å². The molecule has 3 aliphatic rings. The maximum absolute atomic E-state index is 13.2. The van der Waals surface area contributed by atoms with E-state index in [1.807, 2.05) is 18.2 Å². The van der Waals surface area contributed by atoms with Crippen LogP contribution in [-0.2, 0) is 11.3 Å². The number of benzene rings is 3. The van der Waals surface area contributed by atoms with Crippen LogP contribution in [0.25, 0.3) is 43.6 Å². The van der Waals surface area contributed by atoms with Crippen molar-refractivity contribution >= 4 is 55.3 Å². The van der Waals surface area contributed by atoms with Gasteiger partial charge in [0.2, 0.25) is 0 Å². The van der Waals surface area contributed by atoms with E-state index in [2.05, 4.69) is 44.8 Å². The molecule has 2 aromatic heterocycles. The van der Waals surface area contributed by atoms with Crippen LogP contribution in [0.5, 0.6) is 0 Å². The van der Waals surface area contributed by atoms with Crippen LogP contribution in [-0.4, -0.2) is 20.8 Å². The molecule has 0 spiro atoms. The highest BCUT2D eigenvalue weighted by Gasteiger charge is 2.43. The number of nitrogens with one attached hydrogen (secondary N) is 1. The SMILES string of the molecule is O=C1NCc2c1c1c3ccccc3n3c1c1c2c2ccccc2n1[C@@H]1C[C@H]3CC1=O. The van der Waals surface area contributed by atoms with Gasteiger partial charge >= 0.3 is 0 Å². The van der Waals surface area contributed by atoms with Crippen LogP contribution in [0, 0.1) is 0 Å². The lowest BCUT2D eigenvalue weighted by Gasteiger charge is -2.15. The van der Waals surface area contributed by atoms with Crippen LogP contribution >= 0.6 is 0 Å². The molecule has 1 fully saturated rings. The van der Waals surface area contributed by atoms with E-state index >= 15 is 0 Å². The van der Waals surface area contributed by atoms with E-state index in [0.717, 1.165) is 61.2 Å². The summed E-state index contributed by atoms with van der Waals surface area (Å²) in [5.41, 5.74) is 6.36. The Morgan fingerprint density at radius 2 is 1.50 bits per heavy atom. The second kappa shape index (κ2) is 4.75. The highest BCUT2D eigenvalue weighted by atomic mass is 16.2. The van der Waals surface area contributed by atoms with E-state index in [4.69, 9.17) is 0 Å². The third kappa shape index (κ3) is 1.47. The average molecular weight is 391 g/mol. The Morgan fingerprint density at radius 1 is 0.833 bits per heavy atom. The summed E-state index contributed by atoms with van der Waals surface area (Å²) in [6.07, 6.45) is 1.36. The van der Waals surface area contributed by atoms with Crippen molar-refractivity contribution in [2.45, 2.75) is 31.5 Å². The fraction of sp³-hybridized carbons (Fsp3) is 0.200. The molecule has 1 amide bonds. The minimum Gasteiger partial charge on any atom is -0.348 e. The predicted molar refractivity (Wildman–Crippen MR) is 116 cm³/mol. The second-order valence-corrected chi connectivity index (χ2v) is 8.83. The fourth-order valence-electron chi connectivity index (χ4n) is 6.50. The summed E-state index contributed by atoms with van der Waals surface area (Å²) >= 11 is 0. The van der Waals surface area contributed by atoms with Gasteiger partial charge in [0, 0.05) is 51.6 Å². The molecule has 5 nitrogen and oxygen atoms in total. The molecule has 5 heteroatoms. The van der Waals surface area contributed by atoms with Crippen molar-refractivity contribution in [3.8, 4) is 0 Å². The summed E-state index contributed by atoms with van der Waals surface area (Å²) in [4.78, 5) is 26.2. The van der Waals surface area contributed by atoms with Gasteiger partial charge in [0.15, 0.2) is 5.78 Å². The number of Topliss-reactive ketones (excluding diaryl/α,β-unsaturated/α-hetero) is 1. The highest BCUT2D eigenvalue weighted by molar-refractivity contribution is 6.31. The number of rotatable bonds is 0. The summed E-state index contributed by atoms with van der Waals surface area (Å²) < 4.78 is 4.67. The number of hydrogen-bond acceptors (Lipinski definition) is 2. The molecule has 0 unspecified atom stereocenters. The van der Waals surface area contributed by atoms with Crippen LogP contribution < -0.4 is 5.32 Å². The summed E-state index contributed by atoms with van der Waals surface area (Å²) in [6, 6.07) is 16.7. The molecule has 3 aromatic carbocycles. The quantitative estimate of drug-likeness (QED) is 0.419. The Kier molecular flexibility index (Phi) is 2.42. The molecule has 1 aliphatic carbocycles. The molecule has 144 valence electrons. The standard InChI is InChI=1S/C25H17N3O2/c29-19-10-12-9-18(19)28-17-8-4-1-5-13(17)20-15-11-26-25(30)22(15)21-14-6-2-3-7-16(14)27(12)24(21)23(20)28/h1-8,12,18H,9-11H2,(H,26,30)/t12-,18+/m0/s1. The summed E-state index contributed by atoms with van der Waals surface area (Å²) in [6.45, 7) is 0.538. The first-order chi connectivity index (χ1) is 14.7. The van der Waals surface area contributed by atoms with Crippen molar-refractivity contribution in [1.82, 2.24) is 14.5 Å². The van der Waals surface area contributed by atoms with Gasteiger partial charge in [-0.15, -0.1) is 0 Å². The molecular weight excluding hydrogens is 374 g/mol. The first kappa shape index (κ1) is 15.3. The minimum absolute atomic E-state index is 0.0112. The lowest BCUT2D eigenvalue weighted by molar-refractivity contribution is -0.120. The van der Waals surface area contributed by atoms with Gasteiger partial charge in [-0.2, -0.15) is 0 Å². The average Bonchev–Trinajstić information content (AvgIpc) is 3.46. The number of carbonyl (C=O) groups excluding carboxylic acids is 2. The third-order valence-electron chi connectivity index (χ3n) is 7.53. The Labute approximate surface area is 170 Å². The van der Waals surface area contributed by atoms with Crippen LogP contribution in [0.4, 0.5) is 0 Å². The lowest BCUT2D eigenvalue weighted by atomic mass is 9.97. The summed E-state index contributed by atoms with van der Waals surface area (Å²) in [5, 5.41) is 7.50. The number of ketones is 1. The van der Waals surface area contributed by atoms with E-state index in [9.17, 15) is 9.59 Å². The zero-order valence-electron chi connectivity index (χ0n) is 16.1. The third-order valence-corrected chi connectivity index (χ3v) is 7.53. The number of aromatic nitrogens is 2. The minimum atomic E-state index is -0.137. The molecule has 2 atom stereocenters. The molecule has 0 radical (unpaired) electrons. The normalized spacial score (nSPS) is 22.0. The fourth-order valence-corrected chi connectivity index (χ4v) is 6.50. The summed E-state index contributed by atoms with van der Waals surface area (Å²) in [5.74, 6) is 0.325. The highest BCUT2D eigenvalue weighted by Crippen LogP contribution is 2.52. The van der Waals surface area contributed by atoms with Crippen molar-refractivity contribution in [2.75, 3.05) is 0 Å². The van der Waals surface area contributed by atoms with Gasteiger partial charge in [0.05, 0.1) is 22.6 Å². The topological polar surface area (TPSA) is 56.0 Å². The molecule has 30 heavy (non-hydrogen) atoms. The maximum Gasteiger partial charge on any atom is 0.252 e. The predicted octanol–water partition coefficient (Wildman–Crippen LogP) is 4.60. The van der Waals surface area contributed by atoms with Gasteiger partial charge in [-0.3, -0.25) is 9.59 Å². The number of fused-ring (bicyclic) bond motifs is 13. The Balaban J connectivity index is 1.81. The summed E-state index contributed by atoms with van der Waals surface area (Å²) in [7, 11) is 0. The molecule has 0 saturated heterocycles. The molecule has 4 heterocycles. The number of amides is 1. The van der Waals surface area contributed by atoms with Crippen LogP contribution in [0.1, 0.15) is 40.8 Å². The van der Waals surface area contributed by atoms with Crippen LogP contribution in [0.3, 0.4) is 0 Å². The molecule has 1 N–H and O–H groups in total. The van der Waals surface area contributed by atoms with Crippen molar-refractivity contribution in [1.29, 1.82) is 0 Å². The zero-order valence-corrected chi connectivity index (χ0v) is 16.1. The van der Waals surface area contributed by atoms with Gasteiger partial charge in [0.25, 0.3) is 5.91 Å². The van der Waals surface area contributed by atoms with E-state index < -0.39 is 0 Å².